The van der Waals surface area contributed by atoms with Gasteiger partial charge in [-0.1, -0.05) is 18.2 Å². The molecule has 3 amide bonds. The number of carbonyl (C=O) groups is 4. The number of hydrogen-bond acceptors (Lipinski definition) is 7. The second kappa shape index (κ2) is 9.99. The van der Waals surface area contributed by atoms with E-state index in [1.54, 1.807) is 41.5 Å². The molecule has 10 heteroatoms. The molecule has 0 aliphatic carbocycles. The van der Waals surface area contributed by atoms with Crippen molar-refractivity contribution in [2.24, 2.45) is 5.73 Å². The molecule has 2 N–H and O–H groups in total. The number of benzene rings is 1. The van der Waals surface area contributed by atoms with Crippen LogP contribution in [0.1, 0.15) is 70.6 Å². The monoisotopic (exact) mass is 503 g/mol. The molecule has 1 aromatic carbocycles. The van der Waals surface area contributed by atoms with Crippen LogP contribution >= 0.6 is 0 Å². The molecule has 0 spiro atoms. The first-order chi connectivity index (χ1) is 16.6. The topological polar surface area (TPSA) is 128 Å². The number of nitrogens with two attached hydrogens (primary N) is 1. The van der Waals surface area contributed by atoms with Gasteiger partial charge in [0, 0.05) is 18.9 Å². The number of methoxy groups -OCH3 is 1. The van der Waals surface area contributed by atoms with Crippen LogP contribution in [0.4, 0.5) is 9.59 Å². The van der Waals surface area contributed by atoms with Gasteiger partial charge < -0.3 is 19.9 Å². The zero-order chi connectivity index (χ0) is 27.0. The first-order valence-corrected chi connectivity index (χ1v) is 12.1. The van der Waals surface area contributed by atoms with Gasteiger partial charge in [0.15, 0.2) is 0 Å². The Morgan fingerprint density at radius 2 is 1.47 bits per heavy atom. The van der Waals surface area contributed by atoms with Crippen molar-refractivity contribution in [2.75, 3.05) is 13.7 Å². The molecule has 2 heterocycles. The predicted octanol–water partition coefficient (Wildman–Crippen LogP) is 3.10. The lowest BCUT2D eigenvalue weighted by Gasteiger charge is -2.36. The molecule has 2 aliphatic rings. The highest BCUT2D eigenvalue weighted by atomic mass is 16.6. The second-order valence-electron chi connectivity index (χ2n) is 11.4. The number of hydrogen-bond donors (Lipinski definition) is 1. The Kier molecular flexibility index (Phi) is 7.57. The molecule has 1 saturated heterocycles. The Balaban J connectivity index is 1.87. The van der Waals surface area contributed by atoms with E-state index in [0.29, 0.717) is 6.42 Å². The van der Waals surface area contributed by atoms with Gasteiger partial charge in [-0.05, 0) is 64.7 Å². The fraction of sp³-hybridized carbons (Fsp3) is 0.615. The Labute approximate surface area is 212 Å². The quantitative estimate of drug-likeness (QED) is 0.496. The van der Waals surface area contributed by atoms with Crippen LogP contribution in [0.2, 0.25) is 0 Å². The van der Waals surface area contributed by atoms with Gasteiger partial charge in [-0.15, -0.1) is 0 Å². The van der Waals surface area contributed by atoms with E-state index in [1.165, 1.54) is 16.9 Å². The highest BCUT2D eigenvalue weighted by molar-refractivity contribution is 5.85. The van der Waals surface area contributed by atoms with Crippen LogP contribution in [0.15, 0.2) is 18.2 Å². The molecule has 10 nitrogen and oxygen atoms in total. The first-order valence-electron chi connectivity index (χ1n) is 12.1. The van der Waals surface area contributed by atoms with Gasteiger partial charge in [0.05, 0.1) is 13.7 Å². The third-order valence-corrected chi connectivity index (χ3v) is 6.19. The summed E-state index contributed by atoms with van der Waals surface area (Å²) in [5, 5.41) is 0. The van der Waals surface area contributed by atoms with Crippen molar-refractivity contribution in [1.82, 2.24) is 9.80 Å². The fourth-order valence-electron chi connectivity index (χ4n) is 4.58. The molecular formula is C26H37N3O7. The van der Waals surface area contributed by atoms with Gasteiger partial charge in [-0.25, -0.2) is 14.4 Å². The van der Waals surface area contributed by atoms with Crippen LogP contribution in [0.3, 0.4) is 0 Å². The number of nitrogens with zero attached hydrogens (tertiary/aromatic N) is 2. The molecule has 3 atom stereocenters. The highest BCUT2D eigenvalue weighted by Gasteiger charge is 2.43. The fourth-order valence-corrected chi connectivity index (χ4v) is 4.58. The van der Waals surface area contributed by atoms with Crippen molar-refractivity contribution >= 4 is 24.1 Å². The summed E-state index contributed by atoms with van der Waals surface area (Å²) in [6.45, 7) is 11.0. The summed E-state index contributed by atoms with van der Waals surface area (Å²) in [4.78, 5) is 53.0. The van der Waals surface area contributed by atoms with Gasteiger partial charge >= 0.3 is 18.2 Å². The summed E-state index contributed by atoms with van der Waals surface area (Å²) in [5.74, 6) is -1.24. The van der Waals surface area contributed by atoms with Crippen LogP contribution in [-0.2, 0) is 36.8 Å². The number of primary amides is 1. The van der Waals surface area contributed by atoms with Crippen molar-refractivity contribution in [2.45, 2.75) is 90.1 Å². The Morgan fingerprint density at radius 1 is 0.889 bits per heavy atom. The van der Waals surface area contributed by atoms with Crippen LogP contribution in [0, 0.1) is 0 Å². The van der Waals surface area contributed by atoms with Crippen molar-refractivity contribution in [3.05, 3.63) is 34.9 Å². The van der Waals surface area contributed by atoms with E-state index in [1.807, 2.05) is 18.2 Å². The average Bonchev–Trinajstić information content (AvgIpc) is 3.20. The number of fused-ring (bicyclic) bond motifs is 1. The highest BCUT2D eigenvalue weighted by Crippen LogP contribution is 2.36. The lowest BCUT2D eigenvalue weighted by molar-refractivity contribution is -0.145. The molecule has 0 saturated carbocycles. The summed E-state index contributed by atoms with van der Waals surface area (Å²) in [6, 6.07) is 4.23. The van der Waals surface area contributed by atoms with E-state index in [0.717, 1.165) is 16.7 Å². The molecule has 1 fully saturated rings. The van der Waals surface area contributed by atoms with Crippen molar-refractivity contribution in [3.8, 4) is 0 Å². The number of esters is 1. The summed E-state index contributed by atoms with van der Waals surface area (Å²) >= 11 is 0. The summed E-state index contributed by atoms with van der Waals surface area (Å²) in [7, 11) is 1.29. The molecule has 36 heavy (non-hydrogen) atoms. The standard InChI is InChI=1S/C26H37N3O7/c1-25(2,3)35-23(32)28-13-17-10-15(8-9-16(17)11-19(28)21(27)30)18-12-20(22(31)34-7)29(14-18)24(33)36-26(4,5)6/h8-10,18-20H,11-14H2,1-7H3,(H2,27,30). The lowest BCUT2D eigenvalue weighted by Crippen LogP contribution is -2.52. The Morgan fingerprint density at radius 3 is 2.00 bits per heavy atom. The van der Waals surface area contributed by atoms with Gasteiger partial charge in [-0.2, -0.15) is 0 Å². The summed E-state index contributed by atoms with van der Waals surface area (Å²) < 4.78 is 16.0. The summed E-state index contributed by atoms with van der Waals surface area (Å²) in [6.07, 6.45) is -0.516. The Bertz CT molecular complexity index is 1040. The largest absolute Gasteiger partial charge is 0.467 e. The molecule has 0 radical (unpaired) electrons. The van der Waals surface area contributed by atoms with E-state index in [9.17, 15) is 19.2 Å². The molecule has 3 unspecified atom stereocenters. The third-order valence-electron chi connectivity index (χ3n) is 6.19. The number of rotatable bonds is 3. The maximum absolute atomic E-state index is 12.8. The van der Waals surface area contributed by atoms with Crippen molar-refractivity contribution in [1.29, 1.82) is 0 Å². The molecule has 2 aliphatic heterocycles. The number of likely N-dealkylation sites (tertiary alicyclic amines) is 1. The van der Waals surface area contributed by atoms with E-state index in [2.05, 4.69) is 0 Å². The van der Waals surface area contributed by atoms with Gasteiger partial charge in [0.2, 0.25) is 5.91 Å². The maximum Gasteiger partial charge on any atom is 0.411 e. The number of ether oxygens (including phenoxy) is 3. The molecular weight excluding hydrogens is 466 g/mol. The van der Waals surface area contributed by atoms with Crippen LogP contribution in [0.5, 0.6) is 0 Å². The van der Waals surface area contributed by atoms with E-state index in [-0.39, 0.29) is 25.4 Å². The minimum Gasteiger partial charge on any atom is -0.467 e. The minimum absolute atomic E-state index is 0.143. The summed E-state index contributed by atoms with van der Waals surface area (Å²) in [5.41, 5.74) is 6.87. The SMILES string of the molecule is COC(=O)C1CC(c2ccc3c(c2)CN(C(=O)OC(C)(C)C)C(C(N)=O)C3)CN1C(=O)OC(C)(C)C. The van der Waals surface area contributed by atoms with Gasteiger partial charge in [0.1, 0.15) is 23.3 Å². The van der Waals surface area contributed by atoms with Crippen LogP contribution in [-0.4, -0.2) is 70.8 Å². The zero-order valence-electron chi connectivity index (χ0n) is 22.1. The molecule has 198 valence electrons. The smallest absolute Gasteiger partial charge is 0.411 e. The normalized spacial score (nSPS) is 22.0. The first kappa shape index (κ1) is 27.3. The number of amides is 3. The zero-order valence-corrected chi connectivity index (χ0v) is 22.1. The minimum atomic E-state index is -0.809. The lowest BCUT2D eigenvalue weighted by atomic mass is 9.88. The molecule has 1 aromatic rings. The molecule has 0 bridgehead atoms. The average molecular weight is 504 g/mol. The second-order valence-corrected chi connectivity index (χ2v) is 11.4. The van der Waals surface area contributed by atoms with Crippen molar-refractivity contribution in [3.63, 3.8) is 0 Å². The Hall–Kier alpha value is -3.30. The maximum atomic E-state index is 12.8. The van der Waals surface area contributed by atoms with Crippen molar-refractivity contribution < 1.29 is 33.4 Å². The van der Waals surface area contributed by atoms with E-state index in [4.69, 9.17) is 19.9 Å². The molecule has 0 aromatic heterocycles. The number of carbonyl (C=O) groups excluding carboxylic acids is 4. The van der Waals surface area contributed by atoms with Gasteiger partial charge in [-0.3, -0.25) is 14.6 Å². The van der Waals surface area contributed by atoms with Gasteiger partial charge in [0.25, 0.3) is 0 Å². The predicted molar refractivity (Wildman–Crippen MR) is 131 cm³/mol. The van der Waals surface area contributed by atoms with E-state index >= 15 is 0 Å². The molecule has 3 rings (SSSR count). The van der Waals surface area contributed by atoms with Crippen LogP contribution in [0.25, 0.3) is 0 Å². The van der Waals surface area contributed by atoms with Crippen LogP contribution < -0.4 is 5.73 Å². The van der Waals surface area contributed by atoms with E-state index < -0.39 is 47.3 Å². The third kappa shape index (κ3) is 6.27.